The van der Waals surface area contributed by atoms with E-state index in [0.29, 0.717) is 31.5 Å². The van der Waals surface area contributed by atoms with Crippen molar-refractivity contribution in [2.45, 2.75) is 25.7 Å². The van der Waals surface area contributed by atoms with E-state index in [1.807, 2.05) is 7.05 Å². The first-order valence-corrected chi connectivity index (χ1v) is 8.29. The smallest absolute Gasteiger partial charge is 0.281 e. The average Bonchev–Trinajstić information content (AvgIpc) is 3.14. The van der Waals surface area contributed by atoms with Crippen LogP contribution in [0, 0.1) is 11.8 Å². The lowest BCUT2D eigenvalue weighted by molar-refractivity contribution is 0.248. The minimum atomic E-state index is -3.23. The van der Waals surface area contributed by atoms with Gasteiger partial charge in [0, 0.05) is 26.7 Å². The average molecular weight is 275 g/mol. The fraction of sp³-hybridized carbons (Fsp3) is 1.00. The highest BCUT2D eigenvalue weighted by Crippen LogP contribution is 2.31. The van der Waals surface area contributed by atoms with Crippen LogP contribution in [0.15, 0.2) is 0 Å². The van der Waals surface area contributed by atoms with E-state index in [2.05, 4.69) is 5.32 Å². The molecule has 1 heterocycles. The predicted molar refractivity (Wildman–Crippen MR) is 72.5 cm³/mol. The van der Waals surface area contributed by atoms with Crippen molar-refractivity contribution in [2.75, 3.05) is 40.3 Å². The Balaban J connectivity index is 1.94. The second-order valence-electron chi connectivity index (χ2n) is 5.66. The third-order valence-electron chi connectivity index (χ3n) is 3.91. The molecular formula is C12H25N3O2S. The van der Waals surface area contributed by atoms with Crippen LogP contribution in [-0.4, -0.2) is 57.3 Å². The molecule has 6 heteroatoms. The normalized spacial score (nSPS) is 26.7. The number of piperidine rings is 1. The summed E-state index contributed by atoms with van der Waals surface area (Å²) < 4.78 is 28.1. The van der Waals surface area contributed by atoms with Gasteiger partial charge >= 0.3 is 0 Å². The Morgan fingerprint density at radius 2 is 2.00 bits per heavy atom. The van der Waals surface area contributed by atoms with Crippen LogP contribution in [0.25, 0.3) is 0 Å². The Kier molecular flexibility index (Phi) is 4.64. The molecule has 1 saturated carbocycles. The quantitative estimate of drug-likeness (QED) is 0.768. The molecule has 1 saturated heterocycles. The van der Waals surface area contributed by atoms with Gasteiger partial charge in [0.1, 0.15) is 0 Å². The van der Waals surface area contributed by atoms with Gasteiger partial charge in [-0.2, -0.15) is 17.0 Å². The molecule has 0 aromatic rings. The molecule has 1 N–H and O–H groups in total. The van der Waals surface area contributed by atoms with Crippen molar-refractivity contribution in [2.24, 2.45) is 11.8 Å². The van der Waals surface area contributed by atoms with Crippen molar-refractivity contribution in [3.63, 3.8) is 0 Å². The SMILES string of the molecule is CNCC1CCCN(S(=O)(=O)N(C)CC2CC2)C1. The summed E-state index contributed by atoms with van der Waals surface area (Å²) in [7, 11) is 0.411. The lowest BCUT2D eigenvalue weighted by atomic mass is 10.00. The number of hydrogen-bond donors (Lipinski definition) is 1. The van der Waals surface area contributed by atoms with Crippen LogP contribution in [0.2, 0.25) is 0 Å². The van der Waals surface area contributed by atoms with Crippen LogP contribution in [0.5, 0.6) is 0 Å². The molecule has 0 aromatic heterocycles. The third-order valence-corrected chi connectivity index (χ3v) is 5.83. The molecule has 2 aliphatic rings. The Hall–Kier alpha value is -0.170. The molecular weight excluding hydrogens is 250 g/mol. The molecule has 0 bridgehead atoms. The lowest BCUT2D eigenvalue weighted by Crippen LogP contribution is -2.48. The zero-order chi connectivity index (χ0) is 13.2. The van der Waals surface area contributed by atoms with Gasteiger partial charge in [0.15, 0.2) is 0 Å². The van der Waals surface area contributed by atoms with Crippen LogP contribution >= 0.6 is 0 Å². The maximum atomic E-state index is 12.4. The molecule has 0 aromatic carbocycles. The van der Waals surface area contributed by atoms with Crippen LogP contribution in [0.4, 0.5) is 0 Å². The highest BCUT2D eigenvalue weighted by molar-refractivity contribution is 7.86. The number of nitrogens with one attached hydrogen (secondary N) is 1. The minimum absolute atomic E-state index is 0.452. The second-order valence-corrected chi connectivity index (χ2v) is 7.69. The van der Waals surface area contributed by atoms with Crippen molar-refractivity contribution >= 4 is 10.2 Å². The van der Waals surface area contributed by atoms with E-state index < -0.39 is 10.2 Å². The van der Waals surface area contributed by atoms with E-state index in [-0.39, 0.29) is 0 Å². The molecule has 0 amide bonds. The Labute approximate surface area is 111 Å². The molecule has 2 rings (SSSR count). The second kappa shape index (κ2) is 5.86. The molecule has 1 atom stereocenters. The van der Waals surface area contributed by atoms with Gasteiger partial charge in [-0.05, 0) is 51.1 Å². The maximum absolute atomic E-state index is 12.4. The van der Waals surface area contributed by atoms with Crippen molar-refractivity contribution in [1.82, 2.24) is 13.9 Å². The maximum Gasteiger partial charge on any atom is 0.281 e. The molecule has 0 spiro atoms. The summed E-state index contributed by atoms with van der Waals surface area (Å²) >= 11 is 0. The highest BCUT2D eigenvalue weighted by Gasteiger charge is 2.34. The Morgan fingerprint density at radius 3 is 2.61 bits per heavy atom. The largest absolute Gasteiger partial charge is 0.319 e. The lowest BCUT2D eigenvalue weighted by Gasteiger charge is -2.34. The summed E-state index contributed by atoms with van der Waals surface area (Å²) in [6, 6.07) is 0. The summed E-state index contributed by atoms with van der Waals surface area (Å²) in [5, 5.41) is 3.15. The van der Waals surface area contributed by atoms with Gasteiger partial charge in [0.2, 0.25) is 0 Å². The van der Waals surface area contributed by atoms with E-state index in [1.165, 1.54) is 12.8 Å². The van der Waals surface area contributed by atoms with Gasteiger partial charge in [-0.25, -0.2) is 0 Å². The number of rotatable bonds is 6. The van der Waals surface area contributed by atoms with Gasteiger partial charge in [-0.15, -0.1) is 0 Å². The number of nitrogens with zero attached hydrogens (tertiary/aromatic N) is 2. The highest BCUT2D eigenvalue weighted by atomic mass is 32.2. The fourth-order valence-electron chi connectivity index (χ4n) is 2.65. The molecule has 0 radical (unpaired) electrons. The van der Waals surface area contributed by atoms with Crippen LogP contribution in [-0.2, 0) is 10.2 Å². The number of hydrogen-bond acceptors (Lipinski definition) is 3. The zero-order valence-electron chi connectivity index (χ0n) is 11.4. The van der Waals surface area contributed by atoms with Crippen LogP contribution in [0.3, 0.4) is 0 Å². The fourth-order valence-corrected chi connectivity index (χ4v) is 4.20. The molecule has 1 aliphatic heterocycles. The first-order valence-electron chi connectivity index (χ1n) is 6.90. The molecule has 106 valence electrons. The van der Waals surface area contributed by atoms with E-state index in [4.69, 9.17) is 0 Å². The summed E-state index contributed by atoms with van der Waals surface area (Å²) in [5.74, 6) is 1.05. The Morgan fingerprint density at radius 1 is 1.28 bits per heavy atom. The first kappa shape index (κ1) is 14.2. The molecule has 1 aliphatic carbocycles. The van der Waals surface area contributed by atoms with Gasteiger partial charge in [0.25, 0.3) is 10.2 Å². The summed E-state index contributed by atoms with van der Waals surface area (Å²) in [4.78, 5) is 0. The van der Waals surface area contributed by atoms with Gasteiger partial charge < -0.3 is 5.32 Å². The van der Waals surface area contributed by atoms with E-state index in [0.717, 1.165) is 19.4 Å². The minimum Gasteiger partial charge on any atom is -0.319 e. The zero-order valence-corrected chi connectivity index (χ0v) is 12.2. The van der Waals surface area contributed by atoms with E-state index in [1.54, 1.807) is 15.7 Å². The van der Waals surface area contributed by atoms with Gasteiger partial charge in [-0.1, -0.05) is 0 Å². The molecule has 1 unspecified atom stereocenters. The van der Waals surface area contributed by atoms with Crippen molar-refractivity contribution < 1.29 is 8.42 Å². The van der Waals surface area contributed by atoms with E-state index >= 15 is 0 Å². The van der Waals surface area contributed by atoms with Gasteiger partial charge in [-0.3, -0.25) is 0 Å². The van der Waals surface area contributed by atoms with Crippen molar-refractivity contribution in [1.29, 1.82) is 0 Å². The summed E-state index contributed by atoms with van der Waals surface area (Å²) in [5.41, 5.74) is 0. The van der Waals surface area contributed by atoms with Gasteiger partial charge in [0.05, 0.1) is 0 Å². The van der Waals surface area contributed by atoms with Crippen molar-refractivity contribution in [3.8, 4) is 0 Å². The monoisotopic (exact) mass is 275 g/mol. The van der Waals surface area contributed by atoms with Crippen LogP contribution in [0.1, 0.15) is 25.7 Å². The molecule has 5 nitrogen and oxygen atoms in total. The topological polar surface area (TPSA) is 52.7 Å². The Bertz CT molecular complexity index is 366. The van der Waals surface area contributed by atoms with E-state index in [9.17, 15) is 8.42 Å². The van der Waals surface area contributed by atoms with Crippen molar-refractivity contribution in [3.05, 3.63) is 0 Å². The summed E-state index contributed by atoms with van der Waals surface area (Å²) in [6.45, 7) is 2.93. The predicted octanol–water partition coefficient (Wildman–Crippen LogP) is 0.504. The third kappa shape index (κ3) is 3.44. The standard InChI is InChI=1S/C12H25N3O2S/c1-13-8-12-4-3-7-15(10-12)18(16,17)14(2)9-11-5-6-11/h11-13H,3-10H2,1-2H3. The van der Waals surface area contributed by atoms with Crippen LogP contribution < -0.4 is 5.32 Å². The molecule has 2 fully saturated rings. The molecule has 18 heavy (non-hydrogen) atoms. The first-order chi connectivity index (χ1) is 8.54. The summed E-state index contributed by atoms with van der Waals surface area (Å²) in [6.07, 6.45) is 4.46.